The Morgan fingerprint density at radius 1 is 1.42 bits per heavy atom. The smallest absolute Gasteiger partial charge is 0.175 e. The molecule has 0 saturated carbocycles. The van der Waals surface area contributed by atoms with E-state index in [9.17, 15) is 8.42 Å². The standard InChI is InChI=1S/C10H16Br2N4O2S/c1-16-14-9(13-15-16)4-10(6-11,7-12)8-2-3-19(17,18)5-8/h8H,2-7H2,1H3. The Labute approximate surface area is 129 Å². The lowest BCUT2D eigenvalue weighted by molar-refractivity contribution is 0.248. The second-order valence-electron chi connectivity index (χ2n) is 5.10. The van der Waals surface area contributed by atoms with E-state index in [1.807, 2.05) is 0 Å². The molecule has 1 aromatic rings. The van der Waals surface area contributed by atoms with Crippen LogP contribution in [0.4, 0.5) is 0 Å². The van der Waals surface area contributed by atoms with Crippen molar-refractivity contribution in [2.75, 3.05) is 22.2 Å². The Balaban J connectivity index is 2.22. The predicted molar refractivity (Wildman–Crippen MR) is 79.3 cm³/mol. The van der Waals surface area contributed by atoms with E-state index in [-0.39, 0.29) is 22.8 Å². The number of hydrogen-bond acceptors (Lipinski definition) is 5. The first-order valence-electron chi connectivity index (χ1n) is 5.96. The summed E-state index contributed by atoms with van der Waals surface area (Å²) in [5.41, 5.74) is -0.188. The summed E-state index contributed by atoms with van der Waals surface area (Å²) in [5, 5.41) is 13.5. The fraction of sp³-hybridized carbons (Fsp3) is 0.900. The van der Waals surface area contributed by atoms with Crippen molar-refractivity contribution in [2.24, 2.45) is 18.4 Å². The van der Waals surface area contributed by atoms with E-state index < -0.39 is 9.84 Å². The number of halogens is 2. The van der Waals surface area contributed by atoms with Gasteiger partial charge in [-0.05, 0) is 17.6 Å². The van der Waals surface area contributed by atoms with E-state index in [2.05, 4.69) is 47.3 Å². The molecule has 1 aliphatic heterocycles. The number of tetrazole rings is 1. The molecule has 6 nitrogen and oxygen atoms in total. The molecule has 0 N–H and O–H groups in total. The summed E-state index contributed by atoms with van der Waals surface area (Å²) < 4.78 is 23.4. The van der Waals surface area contributed by atoms with Gasteiger partial charge in [-0.2, -0.15) is 4.80 Å². The molecular weight excluding hydrogens is 400 g/mol. The molecule has 1 unspecified atom stereocenters. The summed E-state index contributed by atoms with van der Waals surface area (Å²) in [6, 6.07) is 0. The first-order chi connectivity index (χ1) is 8.91. The van der Waals surface area contributed by atoms with Crippen molar-refractivity contribution in [3.63, 3.8) is 0 Å². The minimum atomic E-state index is -2.89. The number of alkyl halides is 2. The van der Waals surface area contributed by atoms with Gasteiger partial charge in [-0.25, -0.2) is 8.42 Å². The highest BCUT2D eigenvalue weighted by molar-refractivity contribution is 9.09. The van der Waals surface area contributed by atoms with Gasteiger partial charge in [0, 0.05) is 22.5 Å². The summed E-state index contributed by atoms with van der Waals surface area (Å²) >= 11 is 7.08. The predicted octanol–water partition coefficient (Wildman–Crippen LogP) is 0.964. The first kappa shape index (κ1) is 15.4. The van der Waals surface area contributed by atoms with Gasteiger partial charge in [0.1, 0.15) is 0 Å². The van der Waals surface area contributed by atoms with Crippen LogP contribution in [0.15, 0.2) is 0 Å². The second-order valence-corrected chi connectivity index (χ2v) is 8.45. The van der Waals surface area contributed by atoms with Crippen LogP contribution in [-0.2, 0) is 23.3 Å². The third-order valence-electron chi connectivity index (χ3n) is 3.69. The molecule has 19 heavy (non-hydrogen) atoms. The third-order valence-corrected chi connectivity index (χ3v) is 7.69. The first-order valence-corrected chi connectivity index (χ1v) is 10.0. The fourth-order valence-electron chi connectivity index (χ4n) is 2.48. The number of hydrogen-bond donors (Lipinski definition) is 0. The molecule has 0 aromatic carbocycles. The average molecular weight is 416 g/mol. The van der Waals surface area contributed by atoms with Crippen molar-refractivity contribution in [2.45, 2.75) is 12.8 Å². The number of sulfone groups is 1. The Hall–Kier alpha value is -0.0200. The SMILES string of the molecule is Cn1nnc(CC(CBr)(CBr)C2CCS(=O)(=O)C2)n1. The molecule has 1 aromatic heterocycles. The van der Waals surface area contributed by atoms with Crippen molar-refractivity contribution in [1.29, 1.82) is 0 Å². The monoisotopic (exact) mass is 414 g/mol. The van der Waals surface area contributed by atoms with Crippen LogP contribution in [-0.4, -0.2) is 50.8 Å². The maximum absolute atomic E-state index is 11.7. The summed E-state index contributed by atoms with van der Waals surface area (Å²) in [6.07, 6.45) is 1.33. The normalized spacial score (nSPS) is 22.8. The number of aryl methyl sites for hydroxylation is 1. The topological polar surface area (TPSA) is 77.7 Å². The molecule has 1 saturated heterocycles. The van der Waals surface area contributed by atoms with E-state index in [0.717, 1.165) is 0 Å². The van der Waals surface area contributed by atoms with Crippen molar-refractivity contribution in [1.82, 2.24) is 20.2 Å². The molecule has 0 spiro atoms. The fourth-order valence-corrected chi connectivity index (χ4v) is 6.66. The van der Waals surface area contributed by atoms with Gasteiger partial charge in [-0.3, -0.25) is 0 Å². The van der Waals surface area contributed by atoms with Gasteiger partial charge in [0.05, 0.1) is 18.6 Å². The molecule has 2 heterocycles. The minimum absolute atomic E-state index is 0.125. The Morgan fingerprint density at radius 2 is 2.11 bits per heavy atom. The van der Waals surface area contributed by atoms with Gasteiger partial charge in [0.25, 0.3) is 0 Å². The van der Waals surface area contributed by atoms with Gasteiger partial charge in [0.15, 0.2) is 15.7 Å². The molecule has 0 radical (unpaired) electrons. The number of rotatable bonds is 5. The lowest BCUT2D eigenvalue weighted by Crippen LogP contribution is -2.37. The highest BCUT2D eigenvalue weighted by Gasteiger charge is 2.44. The van der Waals surface area contributed by atoms with Gasteiger partial charge >= 0.3 is 0 Å². The van der Waals surface area contributed by atoms with Crippen LogP contribution in [0.5, 0.6) is 0 Å². The molecule has 1 fully saturated rings. The zero-order valence-corrected chi connectivity index (χ0v) is 14.6. The quantitative estimate of drug-likeness (QED) is 0.669. The minimum Gasteiger partial charge on any atom is -0.229 e. The molecular formula is C10H16Br2N4O2S. The van der Waals surface area contributed by atoms with Crippen LogP contribution in [0, 0.1) is 11.3 Å². The zero-order chi connectivity index (χ0) is 14.1. The maximum atomic E-state index is 11.7. The molecule has 0 aliphatic carbocycles. The van der Waals surface area contributed by atoms with E-state index in [1.165, 1.54) is 4.80 Å². The summed E-state index contributed by atoms with van der Waals surface area (Å²) in [4.78, 5) is 1.42. The summed E-state index contributed by atoms with van der Waals surface area (Å²) in [7, 11) is -1.17. The Bertz CT molecular complexity index is 541. The lowest BCUT2D eigenvalue weighted by Gasteiger charge is -2.34. The van der Waals surface area contributed by atoms with Crippen molar-refractivity contribution >= 4 is 41.7 Å². The van der Waals surface area contributed by atoms with E-state index in [0.29, 0.717) is 29.3 Å². The van der Waals surface area contributed by atoms with Crippen LogP contribution in [0.1, 0.15) is 12.2 Å². The highest BCUT2D eigenvalue weighted by atomic mass is 79.9. The van der Waals surface area contributed by atoms with Crippen LogP contribution in [0.3, 0.4) is 0 Å². The van der Waals surface area contributed by atoms with Gasteiger partial charge in [0.2, 0.25) is 0 Å². The van der Waals surface area contributed by atoms with Gasteiger partial charge < -0.3 is 0 Å². The molecule has 9 heteroatoms. The van der Waals surface area contributed by atoms with Crippen LogP contribution in [0.25, 0.3) is 0 Å². The highest BCUT2D eigenvalue weighted by Crippen LogP contribution is 2.41. The van der Waals surface area contributed by atoms with Crippen molar-refractivity contribution in [3.8, 4) is 0 Å². The third kappa shape index (κ3) is 3.36. The van der Waals surface area contributed by atoms with Gasteiger partial charge in [-0.1, -0.05) is 31.9 Å². The summed E-state index contributed by atoms with van der Waals surface area (Å²) in [5.74, 6) is 1.32. The van der Waals surface area contributed by atoms with Crippen LogP contribution >= 0.6 is 31.9 Å². The van der Waals surface area contributed by atoms with Crippen molar-refractivity contribution in [3.05, 3.63) is 5.82 Å². The average Bonchev–Trinajstić information content (AvgIpc) is 2.92. The van der Waals surface area contributed by atoms with Crippen LogP contribution in [0.2, 0.25) is 0 Å². The second kappa shape index (κ2) is 5.77. The Kier molecular flexibility index (Phi) is 4.67. The molecule has 0 bridgehead atoms. The molecule has 108 valence electrons. The van der Waals surface area contributed by atoms with Gasteiger partial charge in [-0.15, -0.1) is 10.2 Å². The molecule has 0 amide bonds. The van der Waals surface area contributed by atoms with Crippen LogP contribution < -0.4 is 0 Å². The molecule has 1 aliphatic rings. The number of aromatic nitrogens is 4. The summed E-state index contributed by atoms with van der Waals surface area (Å²) in [6.45, 7) is 0. The zero-order valence-electron chi connectivity index (χ0n) is 10.6. The van der Waals surface area contributed by atoms with E-state index in [4.69, 9.17) is 0 Å². The molecule has 2 rings (SSSR count). The molecule has 1 atom stereocenters. The number of nitrogens with zero attached hydrogens (tertiary/aromatic N) is 4. The lowest BCUT2D eigenvalue weighted by atomic mass is 9.75. The van der Waals surface area contributed by atoms with E-state index in [1.54, 1.807) is 7.05 Å². The van der Waals surface area contributed by atoms with E-state index >= 15 is 0 Å². The van der Waals surface area contributed by atoms with Crippen molar-refractivity contribution < 1.29 is 8.42 Å². The Morgan fingerprint density at radius 3 is 2.53 bits per heavy atom. The largest absolute Gasteiger partial charge is 0.229 e. The maximum Gasteiger partial charge on any atom is 0.175 e.